The van der Waals surface area contributed by atoms with Gasteiger partial charge in [-0.05, 0) is 22.5 Å². The van der Waals surface area contributed by atoms with Gasteiger partial charge in [0.15, 0.2) is 0 Å². The Balaban J connectivity index is 2.05. The molecule has 0 unspecified atom stereocenters. The second kappa shape index (κ2) is 8.08. The van der Waals surface area contributed by atoms with Gasteiger partial charge in [0, 0.05) is 28.7 Å². The lowest BCUT2D eigenvalue weighted by Gasteiger charge is -2.43. The van der Waals surface area contributed by atoms with Crippen LogP contribution < -0.4 is 5.30 Å². The van der Waals surface area contributed by atoms with E-state index in [-0.39, 0.29) is 5.16 Å². The summed E-state index contributed by atoms with van der Waals surface area (Å²) in [7, 11) is -2.21. The molecular formula is C30H28NP. The molecule has 1 nitrogen and oxygen atoms in total. The molecule has 0 radical (unpaired) electrons. The first-order valence-corrected chi connectivity index (χ1v) is 12.9. The summed E-state index contributed by atoms with van der Waals surface area (Å²) in [4.78, 5) is 0. The second-order valence-corrected chi connectivity index (χ2v) is 13.0. The van der Waals surface area contributed by atoms with Crippen LogP contribution in [0.2, 0.25) is 0 Å². The van der Waals surface area contributed by atoms with Crippen LogP contribution in [0, 0.1) is 0 Å². The fourth-order valence-electron chi connectivity index (χ4n) is 4.80. The lowest BCUT2D eigenvalue weighted by Crippen LogP contribution is -2.26. The van der Waals surface area contributed by atoms with Gasteiger partial charge in [0.05, 0.1) is 5.69 Å². The molecule has 2 heteroatoms. The van der Waals surface area contributed by atoms with E-state index in [0.29, 0.717) is 0 Å². The normalized spacial score (nSPS) is 18.1. The van der Waals surface area contributed by atoms with E-state index in [2.05, 4.69) is 136 Å². The lowest BCUT2D eigenvalue weighted by molar-refractivity contribution is 0.786. The Morgan fingerprint density at radius 1 is 0.562 bits per heavy atom. The van der Waals surface area contributed by atoms with E-state index in [9.17, 15) is 0 Å². The summed E-state index contributed by atoms with van der Waals surface area (Å²) in [6.07, 6.45) is 0. The van der Waals surface area contributed by atoms with E-state index < -0.39 is 7.05 Å². The van der Waals surface area contributed by atoms with Crippen molar-refractivity contribution in [3.63, 3.8) is 0 Å². The third-order valence-corrected chi connectivity index (χ3v) is 10.8. The van der Waals surface area contributed by atoms with E-state index >= 15 is 0 Å². The van der Waals surface area contributed by atoms with E-state index in [1.807, 2.05) is 0 Å². The third-order valence-electron chi connectivity index (χ3n) is 6.20. The van der Waals surface area contributed by atoms with Crippen LogP contribution in [0.25, 0.3) is 10.9 Å². The smallest absolute Gasteiger partial charge is 0.0700 e. The summed E-state index contributed by atoms with van der Waals surface area (Å²) >= 11 is 0. The Morgan fingerprint density at radius 3 is 1.66 bits per heavy atom. The highest BCUT2D eigenvalue weighted by molar-refractivity contribution is 7.85. The topological polar surface area (TPSA) is 12.4 Å². The molecule has 158 valence electrons. The predicted molar refractivity (Wildman–Crippen MR) is 140 cm³/mol. The first-order valence-electron chi connectivity index (χ1n) is 11.2. The van der Waals surface area contributed by atoms with Crippen LogP contribution in [0.5, 0.6) is 0 Å². The van der Waals surface area contributed by atoms with Gasteiger partial charge in [-0.25, -0.2) is 0 Å². The maximum atomic E-state index is 5.71. The van der Waals surface area contributed by atoms with Crippen LogP contribution in [0.1, 0.15) is 37.5 Å². The molecule has 0 spiro atoms. The van der Waals surface area contributed by atoms with E-state index in [1.54, 1.807) is 0 Å². The molecule has 1 atom stereocenters. The highest BCUT2D eigenvalue weighted by atomic mass is 31.2. The first kappa shape index (κ1) is 20.7. The molecule has 1 heterocycles. The Labute approximate surface area is 191 Å². The van der Waals surface area contributed by atoms with Crippen molar-refractivity contribution in [3.8, 4) is 0 Å². The van der Waals surface area contributed by atoms with Gasteiger partial charge >= 0.3 is 0 Å². The molecule has 0 saturated heterocycles. The molecule has 0 fully saturated rings. The quantitative estimate of drug-likeness (QED) is 0.287. The third kappa shape index (κ3) is 3.29. The standard InChI is InChI=1S/C30H28NP/c1-30(2,3)32(25-19-11-6-12-20-25)29(24-17-9-5-10-18-24)28(23-15-7-4-8-16-23)26-21-13-14-22-27(26)31-32/h4-22H,1-3H3/t32-/m1/s1. The van der Waals surface area contributed by atoms with Crippen molar-refractivity contribution < 1.29 is 0 Å². The molecule has 0 aromatic heterocycles. The molecular weight excluding hydrogens is 405 g/mol. The van der Waals surface area contributed by atoms with Crippen molar-refractivity contribution in [2.45, 2.75) is 25.9 Å². The summed E-state index contributed by atoms with van der Waals surface area (Å²) in [5.41, 5.74) is 6.14. The highest BCUT2D eigenvalue weighted by Gasteiger charge is 2.43. The van der Waals surface area contributed by atoms with Crippen molar-refractivity contribution in [3.05, 3.63) is 132 Å². The number of benzene rings is 4. The van der Waals surface area contributed by atoms with Crippen molar-refractivity contribution in [2.24, 2.45) is 4.74 Å². The minimum Gasteiger partial charge on any atom is -0.257 e. The van der Waals surface area contributed by atoms with E-state index in [1.165, 1.54) is 32.9 Å². The van der Waals surface area contributed by atoms with Gasteiger partial charge in [0.2, 0.25) is 0 Å². The minimum absolute atomic E-state index is 0.0624. The molecule has 1 aliphatic heterocycles. The van der Waals surface area contributed by atoms with Gasteiger partial charge in [-0.2, -0.15) is 0 Å². The van der Waals surface area contributed by atoms with Crippen molar-refractivity contribution in [2.75, 3.05) is 0 Å². The van der Waals surface area contributed by atoms with Crippen LogP contribution in [0.3, 0.4) is 0 Å². The highest BCUT2D eigenvalue weighted by Crippen LogP contribution is 2.74. The first-order chi connectivity index (χ1) is 15.5. The van der Waals surface area contributed by atoms with Gasteiger partial charge < -0.3 is 0 Å². The van der Waals surface area contributed by atoms with Gasteiger partial charge in [-0.3, -0.25) is 4.74 Å². The molecule has 0 aliphatic carbocycles. The van der Waals surface area contributed by atoms with Crippen molar-refractivity contribution in [1.29, 1.82) is 0 Å². The van der Waals surface area contributed by atoms with Crippen LogP contribution >= 0.6 is 7.05 Å². The van der Waals surface area contributed by atoms with E-state index in [4.69, 9.17) is 4.74 Å². The van der Waals surface area contributed by atoms with Gasteiger partial charge in [0.1, 0.15) is 0 Å². The van der Waals surface area contributed by atoms with Crippen LogP contribution in [0.15, 0.2) is 120 Å². The van der Waals surface area contributed by atoms with Gasteiger partial charge in [-0.15, -0.1) is 0 Å². The lowest BCUT2D eigenvalue weighted by atomic mass is 9.94. The summed E-state index contributed by atoms with van der Waals surface area (Å²) in [6, 6.07) is 41.4. The monoisotopic (exact) mass is 433 g/mol. The Hall–Kier alpha value is -3.15. The Kier molecular flexibility index (Phi) is 5.24. The molecule has 1 aliphatic rings. The fraction of sp³-hybridized carbons (Fsp3) is 0.133. The zero-order valence-corrected chi connectivity index (χ0v) is 19.8. The van der Waals surface area contributed by atoms with E-state index in [0.717, 1.165) is 5.69 Å². The summed E-state index contributed by atoms with van der Waals surface area (Å²) in [5, 5.41) is 2.64. The average Bonchev–Trinajstić information content (AvgIpc) is 2.83. The largest absolute Gasteiger partial charge is 0.257 e. The summed E-state index contributed by atoms with van der Waals surface area (Å²) < 4.78 is 5.71. The van der Waals surface area contributed by atoms with Crippen LogP contribution in [0.4, 0.5) is 5.69 Å². The minimum atomic E-state index is -2.21. The van der Waals surface area contributed by atoms with Crippen LogP contribution in [-0.2, 0) is 0 Å². The molecule has 4 aromatic carbocycles. The maximum Gasteiger partial charge on any atom is 0.0700 e. The molecule has 4 aromatic rings. The second-order valence-electron chi connectivity index (χ2n) is 9.21. The molecule has 0 saturated carbocycles. The van der Waals surface area contributed by atoms with Gasteiger partial charge in [-0.1, -0.05) is 130 Å². The SMILES string of the molecule is CC(C)(C)[P@]1(c2ccccc2)=Nc2ccccc2C(c2ccccc2)=C1c1ccccc1. The number of fused-ring (bicyclic) bond motifs is 1. The van der Waals surface area contributed by atoms with Gasteiger partial charge in [0.25, 0.3) is 0 Å². The van der Waals surface area contributed by atoms with Crippen molar-refractivity contribution >= 4 is 28.9 Å². The predicted octanol–water partition coefficient (Wildman–Crippen LogP) is 8.57. The maximum absolute atomic E-state index is 5.71. The zero-order chi connectivity index (χ0) is 22.2. The molecule has 0 N–H and O–H groups in total. The molecule has 32 heavy (non-hydrogen) atoms. The number of hydrogen-bond acceptors (Lipinski definition) is 1. The molecule has 0 bridgehead atoms. The molecule has 0 amide bonds. The average molecular weight is 434 g/mol. The summed E-state index contributed by atoms with van der Waals surface area (Å²) in [5.74, 6) is 0. The van der Waals surface area contributed by atoms with Crippen molar-refractivity contribution in [1.82, 2.24) is 0 Å². The Bertz CT molecular complexity index is 1330. The Morgan fingerprint density at radius 2 is 1.06 bits per heavy atom. The number of hydrogen-bond donors (Lipinski definition) is 0. The zero-order valence-electron chi connectivity index (χ0n) is 18.9. The van der Waals surface area contributed by atoms with Crippen LogP contribution in [-0.4, -0.2) is 5.16 Å². The number of rotatable bonds is 3. The summed E-state index contributed by atoms with van der Waals surface area (Å²) in [6.45, 7) is 7.07. The fourth-order valence-corrected chi connectivity index (χ4v) is 9.22. The molecule has 5 rings (SSSR count). The number of nitrogens with zero attached hydrogens (tertiary/aromatic N) is 1.